The van der Waals surface area contributed by atoms with Gasteiger partial charge < -0.3 is 14.4 Å². The number of rotatable bonds is 4. The number of hydrogen-bond acceptors (Lipinski definition) is 7. The molecular formula is C16H16N2O5S. The Morgan fingerprint density at radius 1 is 1.33 bits per heavy atom. The fourth-order valence-corrected chi connectivity index (χ4v) is 3.26. The standard InChI is InChI=1S/C16H16N2O5S/c1-22-16(21)13-9-18(6-7-24-13)14(19)10-23-15(20)12-4-2-11(8-17)3-5-12/h2-5,13H,6-7,9-10H2,1H3/t13-/m1/s1. The SMILES string of the molecule is COC(=O)[C@H]1CN(C(=O)COC(=O)c2ccc(C#N)cc2)CCS1. The lowest BCUT2D eigenvalue weighted by Crippen LogP contribution is -2.46. The average Bonchev–Trinajstić information content (AvgIpc) is 2.65. The molecule has 0 bridgehead atoms. The number of carbonyl (C=O) groups is 3. The van der Waals surface area contributed by atoms with E-state index in [1.807, 2.05) is 6.07 Å². The maximum absolute atomic E-state index is 12.1. The number of benzene rings is 1. The second kappa shape index (κ2) is 8.36. The van der Waals surface area contributed by atoms with Crippen LogP contribution in [-0.2, 0) is 19.1 Å². The smallest absolute Gasteiger partial charge is 0.338 e. The molecule has 8 heteroatoms. The summed E-state index contributed by atoms with van der Waals surface area (Å²) >= 11 is 1.44. The molecule has 1 atom stereocenters. The lowest BCUT2D eigenvalue weighted by Gasteiger charge is -2.30. The van der Waals surface area contributed by atoms with Gasteiger partial charge in [-0.15, -0.1) is 11.8 Å². The summed E-state index contributed by atoms with van der Waals surface area (Å²) in [6.45, 7) is 0.341. The second-order valence-electron chi connectivity index (χ2n) is 4.99. The Labute approximate surface area is 143 Å². The van der Waals surface area contributed by atoms with Gasteiger partial charge in [-0.25, -0.2) is 4.79 Å². The Balaban J connectivity index is 1.86. The minimum atomic E-state index is -0.635. The van der Waals surface area contributed by atoms with Gasteiger partial charge in [0.05, 0.1) is 24.3 Å². The molecule has 0 aliphatic carbocycles. The van der Waals surface area contributed by atoms with Crippen LogP contribution in [0.4, 0.5) is 0 Å². The topological polar surface area (TPSA) is 96.7 Å². The van der Waals surface area contributed by atoms with Gasteiger partial charge in [0.1, 0.15) is 5.25 Å². The van der Waals surface area contributed by atoms with Crippen LogP contribution in [0.2, 0.25) is 0 Å². The molecule has 1 aromatic rings. The number of amides is 1. The predicted molar refractivity (Wildman–Crippen MR) is 86.3 cm³/mol. The van der Waals surface area contributed by atoms with Crippen molar-refractivity contribution in [2.75, 3.05) is 32.6 Å². The van der Waals surface area contributed by atoms with Gasteiger partial charge in [0.2, 0.25) is 0 Å². The van der Waals surface area contributed by atoms with Gasteiger partial charge in [0.25, 0.3) is 5.91 Å². The quantitative estimate of drug-likeness (QED) is 0.744. The van der Waals surface area contributed by atoms with Crippen molar-refractivity contribution < 1.29 is 23.9 Å². The molecule has 1 aliphatic heterocycles. The number of nitrogens with zero attached hydrogens (tertiary/aromatic N) is 2. The van der Waals surface area contributed by atoms with Crippen LogP contribution in [0.15, 0.2) is 24.3 Å². The van der Waals surface area contributed by atoms with Gasteiger partial charge in [-0.05, 0) is 24.3 Å². The maximum atomic E-state index is 12.1. The van der Waals surface area contributed by atoms with Crippen LogP contribution < -0.4 is 0 Å². The molecule has 7 nitrogen and oxygen atoms in total. The van der Waals surface area contributed by atoms with Crippen molar-refractivity contribution in [3.63, 3.8) is 0 Å². The predicted octanol–water partition coefficient (Wildman–Crippen LogP) is 0.832. The molecule has 0 aromatic heterocycles. The molecule has 1 aromatic carbocycles. The zero-order valence-corrected chi connectivity index (χ0v) is 13.9. The summed E-state index contributed by atoms with van der Waals surface area (Å²) in [5, 5.41) is 8.30. The van der Waals surface area contributed by atoms with E-state index in [0.29, 0.717) is 17.9 Å². The number of ether oxygens (including phenoxy) is 2. The van der Waals surface area contributed by atoms with Gasteiger partial charge in [0.15, 0.2) is 6.61 Å². The third-order valence-corrected chi connectivity index (χ3v) is 4.62. The van der Waals surface area contributed by atoms with Crippen molar-refractivity contribution in [2.24, 2.45) is 0 Å². The summed E-state index contributed by atoms with van der Waals surface area (Å²) in [6, 6.07) is 7.89. The number of carbonyl (C=O) groups excluding carboxylic acids is 3. The van der Waals surface area contributed by atoms with E-state index < -0.39 is 17.8 Å². The summed E-state index contributed by atoms with van der Waals surface area (Å²) < 4.78 is 9.69. The summed E-state index contributed by atoms with van der Waals surface area (Å²) in [7, 11) is 1.31. The molecule has 0 spiro atoms. The highest BCUT2D eigenvalue weighted by atomic mass is 32.2. The molecule has 1 heterocycles. The van der Waals surface area contributed by atoms with E-state index in [0.717, 1.165) is 0 Å². The van der Waals surface area contributed by atoms with E-state index in [1.165, 1.54) is 48.0 Å². The second-order valence-corrected chi connectivity index (χ2v) is 6.30. The zero-order valence-electron chi connectivity index (χ0n) is 13.1. The largest absolute Gasteiger partial charge is 0.468 e. The van der Waals surface area contributed by atoms with Gasteiger partial charge in [0, 0.05) is 18.8 Å². The molecule has 1 fully saturated rings. The van der Waals surface area contributed by atoms with E-state index in [1.54, 1.807) is 0 Å². The van der Waals surface area contributed by atoms with Crippen molar-refractivity contribution in [1.82, 2.24) is 4.90 Å². The highest BCUT2D eigenvalue weighted by molar-refractivity contribution is 8.00. The molecule has 24 heavy (non-hydrogen) atoms. The Kier molecular flexibility index (Phi) is 6.21. The normalized spacial score (nSPS) is 16.8. The fourth-order valence-electron chi connectivity index (χ4n) is 2.13. The fraction of sp³-hybridized carbons (Fsp3) is 0.375. The summed E-state index contributed by atoms with van der Waals surface area (Å²) in [6.07, 6.45) is 0. The molecule has 0 saturated carbocycles. The van der Waals surface area contributed by atoms with Crippen LogP contribution in [0.3, 0.4) is 0 Å². The lowest BCUT2D eigenvalue weighted by atomic mass is 10.1. The van der Waals surface area contributed by atoms with Crippen molar-refractivity contribution in [3.8, 4) is 6.07 Å². The van der Waals surface area contributed by atoms with Crippen LogP contribution in [0, 0.1) is 11.3 Å². The van der Waals surface area contributed by atoms with Crippen molar-refractivity contribution in [3.05, 3.63) is 35.4 Å². The minimum Gasteiger partial charge on any atom is -0.468 e. The summed E-state index contributed by atoms with van der Waals surface area (Å²) in [5.41, 5.74) is 0.700. The number of nitriles is 1. The Morgan fingerprint density at radius 2 is 2.04 bits per heavy atom. The van der Waals surface area contributed by atoms with Gasteiger partial charge in [-0.2, -0.15) is 5.26 Å². The molecular weight excluding hydrogens is 332 g/mol. The third-order valence-electron chi connectivity index (χ3n) is 3.46. The molecule has 0 radical (unpaired) electrons. The first-order chi connectivity index (χ1) is 11.5. The van der Waals surface area contributed by atoms with Crippen LogP contribution >= 0.6 is 11.8 Å². The van der Waals surface area contributed by atoms with Gasteiger partial charge in [-0.3, -0.25) is 9.59 Å². The molecule has 1 amide bonds. The van der Waals surface area contributed by atoms with Crippen LogP contribution in [-0.4, -0.2) is 60.6 Å². The van der Waals surface area contributed by atoms with Crippen LogP contribution in [0.25, 0.3) is 0 Å². The zero-order chi connectivity index (χ0) is 17.5. The van der Waals surface area contributed by atoms with Crippen LogP contribution in [0.5, 0.6) is 0 Å². The highest BCUT2D eigenvalue weighted by Crippen LogP contribution is 2.19. The first kappa shape index (κ1) is 17.8. The highest BCUT2D eigenvalue weighted by Gasteiger charge is 2.30. The van der Waals surface area contributed by atoms with Crippen LogP contribution in [0.1, 0.15) is 15.9 Å². The molecule has 2 rings (SSSR count). The van der Waals surface area contributed by atoms with Crippen molar-refractivity contribution in [2.45, 2.75) is 5.25 Å². The minimum absolute atomic E-state index is 0.241. The molecule has 1 saturated heterocycles. The summed E-state index contributed by atoms with van der Waals surface area (Å²) in [5.74, 6) is -0.739. The van der Waals surface area contributed by atoms with Gasteiger partial charge in [-0.1, -0.05) is 0 Å². The number of esters is 2. The maximum Gasteiger partial charge on any atom is 0.338 e. The average molecular weight is 348 g/mol. The summed E-state index contributed by atoms with van der Waals surface area (Å²) in [4.78, 5) is 37.1. The molecule has 0 unspecified atom stereocenters. The van der Waals surface area contributed by atoms with Gasteiger partial charge >= 0.3 is 11.9 Å². The third kappa shape index (κ3) is 4.49. The van der Waals surface area contributed by atoms with E-state index in [-0.39, 0.29) is 24.0 Å². The first-order valence-electron chi connectivity index (χ1n) is 7.19. The Bertz CT molecular complexity index is 668. The first-order valence-corrected chi connectivity index (χ1v) is 8.24. The van der Waals surface area contributed by atoms with E-state index >= 15 is 0 Å². The molecule has 1 aliphatic rings. The van der Waals surface area contributed by atoms with E-state index in [4.69, 9.17) is 10.00 Å². The Hall–Kier alpha value is -2.53. The number of methoxy groups -OCH3 is 1. The molecule has 126 valence electrons. The van der Waals surface area contributed by atoms with Crippen molar-refractivity contribution >= 4 is 29.6 Å². The lowest BCUT2D eigenvalue weighted by molar-refractivity contribution is -0.141. The van der Waals surface area contributed by atoms with E-state index in [2.05, 4.69) is 4.74 Å². The Morgan fingerprint density at radius 3 is 2.67 bits per heavy atom. The monoisotopic (exact) mass is 348 g/mol. The van der Waals surface area contributed by atoms with Crippen molar-refractivity contribution in [1.29, 1.82) is 5.26 Å². The number of thioether (sulfide) groups is 1. The van der Waals surface area contributed by atoms with E-state index in [9.17, 15) is 14.4 Å². The number of hydrogen-bond donors (Lipinski definition) is 0. The molecule has 0 N–H and O–H groups in total.